The van der Waals surface area contributed by atoms with E-state index in [4.69, 9.17) is 0 Å². The summed E-state index contributed by atoms with van der Waals surface area (Å²) < 4.78 is 0.765. The van der Waals surface area contributed by atoms with E-state index >= 15 is 0 Å². The maximum atomic E-state index is 12.3. The van der Waals surface area contributed by atoms with Crippen LogP contribution in [0.15, 0.2) is 18.2 Å². The van der Waals surface area contributed by atoms with Crippen LogP contribution in [0.4, 0.5) is 0 Å². The van der Waals surface area contributed by atoms with Crippen molar-refractivity contribution in [3.05, 3.63) is 27.3 Å². The molecule has 1 unspecified atom stereocenters. The van der Waals surface area contributed by atoms with Gasteiger partial charge in [0.25, 0.3) is 5.91 Å². The highest BCUT2D eigenvalue weighted by Crippen LogP contribution is 2.27. The first kappa shape index (κ1) is 15.1. The first-order valence-electron chi connectivity index (χ1n) is 6.41. The van der Waals surface area contributed by atoms with Crippen LogP contribution in [0.1, 0.15) is 30.1 Å². The number of piperidine rings is 1. The molecule has 0 saturated carbocycles. The number of rotatable bonds is 2. The van der Waals surface area contributed by atoms with Crippen molar-refractivity contribution < 1.29 is 9.90 Å². The van der Waals surface area contributed by atoms with Gasteiger partial charge in [-0.3, -0.25) is 4.79 Å². The van der Waals surface area contributed by atoms with E-state index < -0.39 is 0 Å². The summed E-state index contributed by atoms with van der Waals surface area (Å²) in [6, 6.07) is 5.11. The SMILES string of the molecule is CC(Br)C1CCN(C(=O)c2ccc(I)c(O)c2)CC1. The second-order valence-electron chi connectivity index (χ2n) is 4.97. The van der Waals surface area contributed by atoms with Gasteiger partial charge in [-0.1, -0.05) is 22.9 Å². The monoisotopic (exact) mass is 437 g/mol. The second kappa shape index (κ2) is 6.43. The Labute approximate surface area is 135 Å². The van der Waals surface area contributed by atoms with E-state index in [0.29, 0.717) is 16.3 Å². The molecule has 1 aliphatic rings. The summed E-state index contributed by atoms with van der Waals surface area (Å²) in [5, 5.41) is 9.68. The van der Waals surface area contributed by atoms with Crippen molar-refractivity contribution in [3.63, 3.8) is 0 Å². The summed E-state index contributed by atoms with van der Waals surface area (Å²) in [4.78, 5) is 14.7. The van der Waals surface area contributed by atoms with Crippen molar-refractivity contribution in [2.45, 2.75) is 24.6 Å². The molecule has 1 atom stereocenters. The highest BCUT2D eigenvalue weighted by Gasteiger charge is 2.26. The largest absolute Gasteiger partial charge is 0.507 e. The van der Waals surface area contributed by atoms with Gasteiger partial charge < -0.3 is 10.0 Å². The van der Waals surface area contributed by atoms with E-state index in [1.165, 1.54) is 0 Å². The Hall–Kier alpha value is -0.300. The Morgan fingerprint density at radius 2 is 2.11 bits per heavy atom. The van der Waals surface area contributed by atoms with Gasteiger partial charge >= 0.3 is 0 Å². The van der Waals surface area contributed by atoms with E-state index in [-0.39, 0.29) is 11.7 Å². The number of carbonyl (C=O) groups excluding carboxylic acids is 1. The lowest BCUT2D eigenvalue weighted by molar-refractivity contribution is 0.0691. The van der Waals surface area contributed by atoms with Gasteiger partial charge in [-0.2, -0.15) is 0 Å². The fraction of sp³-hybridized carbons (Fsp3) is 0.500. The van der Waals surface area contributed by atoms with Crippen molar-refractivity contribution in [2.24, 2.45) is 5.92 Å². The number of carbonyl (C=O) groups is 1. The number of likely N-dealkylation sites (tertiary alicyclic amines) is 1. The number of phenolic OH excluding ortho intramolecular Hbond substituents is 1. The topological polar surface area (TPSA) is 40.5 Å². The lowest BCUT2D eigenvalue weighted by Crippen LogP contribution is -2.39. The van der Waals surface area contributed by atoms with Gasteiger partial charge in [0.05, 0.1) is 3.57 Å². The average Bonchev–Trinajstić information content (AvgIpc) is 2.41. The van der Waals surface area contributed by atoms with Crippen molar-refractivity contribution >= 4 is 44.4 Å². The van der Waals surface area contributed by atoms with E-state index in [9.17, 15) is 9.90 Å². The maximum Gasteiger partial charge on any atom is 0.253 e. The molecule has 1 aliphatic heterocycles. The summed E-state index contributed by atoms with van der Waals surface area (Å²) >= 11 is 5.67. The zero-order chi connectivity index (χ0) is 14.0. The fourth-order valence-corrected chi connectivity index (χ4v) is 3.25. The molecule has 0 aromatic heterocycles. The van der Waals surface area contributed by atoms with Crippen LogP contribution in [0.3, 0.4) is 0 Å². The minimum atomic E-state index is 0.0207. The van der Waals surface area contributed by atoms with Crippen LogP contribution in [0, 0.1) is 9.49 Å². The highest BCUT2D eigenvalue weighted by atomic mass is 127. The van der Waals surface area contributed by atoms with Gasteiger partial charge in [-0.15, -0.1) is 0 Å². The number of phenols is 1. The molecule has 2 rings (SSSR count). The van der Waals surface area contributed by atoms with Crippen LogP contribution in [-0.2, 0) is 0 Å². The number of alkyl halides is 1. The normalized spacial score (nSPS) is 18.4. The van der Waals surface area contributed by atoms with Crippen LogP contribution in [0.25, 0.3) is 0 Å². The lowest BCUT2D eigenvalue weighted by atomic mass is 9.94. The molecule has 1 saturated heterocycles. The third kappa shape index (κ3) is 3.62. The Morgan fingerprint density at radius 1 is 1.47 bits per heavy atom. The molecule has 1 fully saturated rings. The van der Waals surface area contributed by atoms with Crippen LogP contribution in [0.5, 0.6) is 5.75 Å². The molecule has 1 heterocycles. The minimum Gasteiger partial charge on any atom is -0.507 e. The van der Waals surface area contributed by atoms with Crippen LogP contribution >= 0.6 is 38.5 Å². The third-order valence-electron chi connectivity index (χ3n) is 3.67. The number of hydrogen-bond acceptors (Lipinski definition) is 2. The zero-order valence-electron chi connectivity index (χ0n) is 10.8. The fourth-order valence-electron chi connectivity index (χ4n) is 2.39. The number of benzene rings is 1. The van der Waals surface area contributed by atoms with Crippen LogP contribution in [0.2, 0.25) is 0 Å². The molecule has 0 aliphatic carbocycles. The minimum absolute atomic E-state index is 0.0207. The van der Waals surface area contributed by atoms with Crippen molar-refractivity contribution in [3.8, 4) is 5.75 Å². The maximum absolute atomic E-state index is 12.3. The predicted octanol–water partition coefficient (Wildman–Crippen LogP) is 3.63. The number of amides is 1. The molecule has 0 bridgehead atoms. The summed E-state index contributed by atoms with van der Waals surface area (Å²) in [5.41, 5.74) is 0.572. The molecular weight excluding hydrogens is 421 g/mol. The van der Waals surface area contributed by atoms with Crippen LogP contribution < -0.4 is 0 Å². The first-order chi connectivity index (χ1) is 8.99. The molecule has 3 nitrogen and oxygen atoms in total. The Kier molecular flexibility index (Phi) is 5.11. The molecule has 1 aromatic rings. The quantitative estimate of drug-likeness (QED) is 0.566. The lowest BCUT2D eigenvalue weighted by Gasteiger charge is -2.33. The van der Waals surface area contributed by atoms with E-state index in [1.807, 2.05) is 27.5 Å². The van der Waals surface area contributed by atoms with Gasteiger partial charge in [-0.05, 0) is 59.5 Å². The standard InChI is InChI=1S/C14H17BrINO2/c1-9(15)10-4-6-17(7-5-10)14(19)11-2-3-12(16)13(18)8-11/h2-3,8-10,18H,4-7H2,1H3. The average molecular weight is 438 g/mol. The Balaban J connectivity index is 2.03. The number of aromatic hydroxyl groups is 1. The summed E-state index contributed by atoms with van der Waals surface area (Å²) in [7, 11) is 0. The predicted molar refractivity (Wildman–Crippen MR) is 87.8 cm³/mol. The molecule has 19 heavy (non-hydrogen) atoms. The molecule has 5 heteroatoms. The highest BCUT2D eigenvalue weighted by molar-refractivity contribution is 14.1. The second-order valence-corrected chi connectivity index (χ2v) is 7.58. The first-order valence-corrected chi connectivity index (χ1v) is 8.40. The third-order valence-corrected chi connectivity index (χ3v) is 5.33. The molecular formula is C14H17BrINO2. The summed E-state index contributed by atoms with van der Waals surface area (Å²) in [5.74, 6) is 0.844. The van der Waals surface area contributed by atoms with Gasteiger partial charge in [0, 0.05) is 23.5 Å². The van der Waals surface area contributed by atoms with E-state index in [2.05, 4.69) is 22.9 Å². The van der Waals surface area contributed by atoms with E-state index in [0.717, 1.165) is 29.5 Å². The summed E-state index contributed by atoms with van der Waals surface area (Å²) in [6.45, 7) is 3.76. The number of nitrogens with zero attached hydrogens (tertiary/aromatic N) is 1. The molecule has 104 valence electrons. The Bertz CT molecular complexity index is 471. The van der Waals surface area contributed by atoms with Gasteiger partial charge in [0.1, 0.15) is 5.75 Å². The summed E-state index contributed by atoms with van der Waals surface area (Å²) in [6.07, 6.45) is 2.07. The Morgan fingerprint density at radius 3 is 2.63 bits per heavy atom. The molecule has 1 aromatic carbocycles. The smallest absolute Gasteiger partial charge is 0.253 e. The molecule has 0 spiro atoms. The van der Waals surface area contributed by atoms with Crippen molar-refractivity contribution in [2.75, 3.05) is 13.1 Å². The van der Waals surface area contributed by atoms with Crippen molar-refractivity contribution in [1.82, 2.24) is 4.90 Å². The molecule has 1 N–H and O–H groups in total. The van der Waals surface area contributed by atoms with Gasteiger partial charge in [-0.25, -0.2) is 0 Å². The number of halogens is 2. The molecule has 0 radical (unpaired) electrons. The molecule has 1 amide bonds. The van der Waals surface area contributed by atoms with Crippen LogP contribution in [-0.4, -0.2) is 33.8 Å². The van der Waals surface area contributed by atoms with Crippen molar-refractivity contribution in [1.29, 1.82) is 0 Å². The zero-order valence-corrected chi connectivity index (χ0v) is 14.5. The van der Waals surface area contributed by atoms with E-state index in [1.54, 1.807) is 18.2 Å². The van der Waals surface area contributed by atoms with Gasteiger partial charge in [0.2, 0.25) is 0 Å². The number of hydrogen-bond donors (Lipinski definition) is 1. The van der Waals surface area contributed by atoms with Gasteiger partial charge in [0.15, 0.2) is 0 Å².